The minimum atomic E-state index is 0.294. The average molecular weight is 246 g/mol. The monoisotopic (exact) mass is 246 g/mol. The first-order valence-corrected chi connectivity index (χ1v) is 6.99. The van der Waals surface area contributed by atoms with Gasteiger partial charge in [-0.25, -0.2) is 0 Å². The zero-order valence-corrected chi connectivity index (χ0v) is 11.4. The summed E-state index contributed by atoms with van der Waals surface area (Å²) in [5, 5.41) is 0. The maximum atomic E-state index is 11.8. The summed E-state index contributed by atoms with van der Waals surface area (Å²) in [4.78, 5) is 11.8. The zero-order valence-electron chi connectivity index (χ0n) is 11.4. The van der Waals surface area contributed by atoms with Gasteiger partial charge in [0.05, 0.1) is 7.11 Å². The van der Waals surface area contributed by atoms with Gasteiger partial charge >= 0.3 is 0 Å². The summed E-state index contributed by atoms with van der Waals surface area (Å²) in [5.74, 6) is 1.25. The summed E-state index contributed by atoms with van der Waals surface area (Å²) < 4.78 is 5.45. The first-order chi connectivity index (χ1) is 8.76. The minimum Gasteiger partial charge on any atom is -0.496 e. The van der Waals surface area contributed by atoms with Crippen molar-refractivity contribution in [2.75, 3.05) is 7.11 Å². The molecule has 1 aromatic rings. The van der Waals surface area contributed by atoms with E-state index >= 15 is 0 Å². The van der Waals surface area contributed by atoms with E-state index in [0.717, 1.165) is 29.7 Å². The van der Waals surface area contributed by atoms with E-state index in [1.54, 1.807) is 7.11 Å². The number of Topliss-reactive ketones (excluding diaryl/α,β-unsaturated/α-hetero) is 1. The van der Waals surface area contributed by atoms with Gasteiger partial charge in [-0.1, -0.05) is 26.2 Å². The number of methoxy groups -OCH3 is 1. The van der Waals surface area contributed by atoms with Crippen LogP contribution in [-0.4, -0.2) is 12.9 Å². The first kappa shape index (κ1) is 13.1. The Labute approximate surface area is 109 Å². The van der Waals surface area contributed by atoms with Crippen LogP contribution in [0.15, 0.2) is 12.1 Å². The van der Waals surface area contributed by atoms with Gasteiger partial charge in [0, 0.05) is 12.0 Å². The number of hydrogen-bond donors (Lipinski definition) is 0. The van der Waals surface area contributed by atoms with Crippen LogP contribution < -0.4 is 4.74 Å². The molecule has 0 spiro atoms. The SMILES string of the molecule is CCCCCCc1cc2c(cc1OC)CCC2=O. The lowest BCUT2D eigenvalue weighted by atomic mass is 10.00. The molecule has 0 saturated carbocycles. The number of benzene rings is 1. The topological polar surface area (TPSA) is 26.3 Å². The van der Waals surface area contributed by atoms with Crippen LogP contribution in [0.5, 0.6) is 5.75 Å². The van der Waals surface area contributed by atoms with Gasteiger partial charge < -0.3 is 4.74 Å². The number of fused-ring (bicyclic) bond motifs is 1. The van der Waals surface area contributed by atoms with E-state index in [0.29, 0.717) is 12.2 Å². The van der Waals surface area contributed by atoms with Crippen LogP contribution in [0.2, 0.25) is 0 Å². The predicted octanol–water partition coefficient (Wildman–Crippen LogP) is 3.95. The molecule has 0 amide bonds. The standard InChI is InChI=1S/C16H22O2/c1-3-4-5-6-7-13-10-14-12(8-9-15(14)17)11-16(13)18-2/h10-11H,3-9H2,1-2H3. The number of aryl methyl sites for hydroxylation is 2. The molecule has 1 aromatic carbocycles. The Morgan fingerprint density at radius 3 is 2.72 bits per heavy atom. The van der Waals surface area contributed by atoms with Crippen molar-refractivity contribution >= 4 is 5.78 Å². The fourth-order valence-electron chi connectivity index (χ4n) is 2.64. The Morgan fingerprint density at radius 2 is 2.00 bits per heavy atom. The van der Waals surface area contributed by atoms with Crippen molar-refractivity contribution in [2.45, 2.75) is 51.9 Å². The van der Waals surface area contributed by atoms with E-state index in [-0.39, 0.29) is 0 Å². The van der Waals surface area contributed by atoms with E-state index < -0.39 is 0 Å². The molecule has 18 heavy (non-hydrogen) atoms. The lowest BCUT2D eigenvalue weighted by molar-refractivity contribution is 0.0994. The van der Waals surface area contributed by atoms with Gasteiger partial charge in [0.15, 0.2) is 5.78 Å². The Morgan fingerprint density at radius 1 is 1.17 bits per heavy atom. The van der Waals surface area contributed by atoms with Crippen LogP contribution >= 0.6 is 0 Å². The Hall–Kier alpha value is -1.31. The molecule has 0 atom stereocenters. The lowest BCUT2D eigenvalue weighted by Gasteiger charge is -2.11. The summed E-state index contributed by atoms with van der Waals surface area (Å²) >= 11 is 0. The van der Waals surface area contributed by atoms with Crippen molar-refractivity contribution < 1.29 is 9.53 Å². The van der Waals surface area contributed by atoms with Crippen LogP contribution in [0.1, 0.15) is 60.5 Å². The first-order valence-electron chi connectivity index (χ1n) is 6.99. The average Bonchev–Trinajstić information content (AvgIpc) is 2.75. The Bertz CT molecular complexity index is 435. The molecule has 0 saturated heterocycles. The third-order valence-corrected chi connectivity index (χ3v) is 3.73. The highest BCUT2D eigenvalue weighted by Gasteiger charge is 2.21. The van der Waals surface area contributed by atoms with Crippen LogP contribution in [0.3, 0.4) is 0 Å². The largest absolute Gasteiger partial charge is 0.496 e. The van der Waals surface area contributed by atoms with Gasteiger partial charge in [-0.3, -0.25) is 4.79 Å². The molecule has 1 aliphatic rings. The summed E-state index contributed by atoms with van der Waals surface area (Å²) in [7, 11) is 1.72. The fraction of sp³-hybridized carbons (Fsp3) is 0.562. The number of unbranched alkanes of at least 4 members (excludes halogenated alkanes) is 3. The molecular weight excluding hydrogens is 224 g/mol. The van der Waals surface area contributed by atoms with Crippen molar-refractivity contribution in [3.8, 4) is 5.75 Å². The van der Waals surface area contributed by atoms with Crippen LogP contribution in [0, 0.1) is 0 Å². The molecule has 1 aliphatic carbocycles. The van der Waals surface area contributed by atoms with E-state index in [4.69, 9.17) is 4.74 Å². The quantitative estimate of drug-likeness (QED) is 0.710. The second-order valence-corrected chi connectivity index (χ2v) is 5.06. The Balaban J connectivity index is 2.13. The Kier molecular flexibility index (Phi) is 4.40. The summed E-state index contributed by atoms with van der Waals surface area (Å²) in [6, 6.07) is 4.13. The second-order valence-electron chi connectivity index (χ2n) is 5.06. The molecular formula is C16H22O2. The summed E-state index contributed by atoms with van der Waals surface area (Å²) in [5.41, 5.74) is 3.29. The number of rotatable bonds is 6. The number of carbonyl (C=O) groups is 1. The zero-order chi connectivity index (χ0) is 13.0. The molecule has 0 bridgehead atoms. The summed E-state index contributed by atoms with van der Waals surface area (Å²) in [6.07, 6.45) is 7.52. The smallest absolute Gasteiger partial charge is 0.163 e. The van der Waals surface area contributed by atoms with Crippen molar-refractivity contribution in [3.05, 3.63) is 28.8 Å². The van der Waals surface area contributed by atoms with Crippen molar-refractivity contribution in [1.29, 1.82) is 0 Å². The summed E-state index contributed by atoms with van der Waals surface area (Å²) in [6.45, 7) is 2.22. The molecule has 0 radical (unpaired) electrons. The molecule has 0 N–H and O–H groups in total. The maximum Gasteiger partial charge on any atom is 0.163 e. The minimum absolute atomic E-state index is 0.294. The molecule has 0 aliphatic heterocycles. The van der Waals surface area contributed by atoms with Crippen LogP contribution in [-0.2, 0) is 12.8 Å². The van der Waals surface area contributed by atoms with Gasteiger partial charge in [0.2, 0.25) is 0 Å². The molecule has 2 heteroatoms. The van der Waals surface area contributed by atoms with Crippen molar-refractivity contribution in [3.63, 3.8) is 0 Å². The molecule has 0 unspecified atom stereocenters. The fourth-order valence-corrected chi connectivity index (χ4v) is 2.64. The number of carbonyl (C=O) groups excluding carboxylic acids is 1. The predicted molar refractivity (Wildman–Crippen MR) is 73.5 cm³/mol. The van der Waals surface area contributed by atoms with E-state index in [2.05, 4.69) is 19.1 Å². The highest BCUT2D eigenvalue weighted by Crippen LogP contribution is 2.30. The highest BCUT2D eigenvalue weighted by atomic mass is 16.5. The van der Waals surface area contributed by atoms with Crippen LogP contribution in [0.4, 0.5) is 0 Å². The van der Waals surface area contributed by atoms with E-state index in [1.807, 2.05) is 0 Å². The van der Waals surface area contributed by atoms with Gasteiger partial charge in [-0.15, -0.1) is 0 Å². The maximum absolute atomic E-state index is 11.8. The highest BCUT2D eigenvalue weighted by molar-refractivity contribution is 6.00. The van der Waals surface area contributed by atoms with Gasteiger partial charge in [-0.2, -0.15) is 0 Å². The molecule has 2 rings (SSSR count). The van der Waals surface area contributed by atoms with Gasteiger partial charge in [-0.05, 0) is 42.5 Å². The number of ether oxygens (including phenoxy) is 1. The molecule has 0 heterocycles. The van der Waals surface area contributed by atoms with Crippen molar-refractivity contribution in [1.82, 2.24) is 0 Å². The van der Waals surface area contributed by atoms with Crippen molar-refractivity contribution in [2.24, 2.45) is 0 Å². The third kappa shape index (κ3) is 2.74. The van der Waals surface area contributed by atoms with Crippen LogP contribution in [0.25, 0.3) is 0 Å². The van der Waals surface area contributed by atoms with Gasteiger partial charge in [0.25, 0.3) is 0 Å². The normalized spacial score (nSPS) is 13.8. The second kappa shape index (κ2) is 6.03. The number of hydrogen-bond acceptors (Lipinski definition) is 2. The van der Waals surface area contributed by atoms with E-state index in [1.165, 1.54) is 31.2 Å². The van der Waals surface area contributed by atoms with Gasteiger partial charge in [0.1, 0.15) is 5.75 Å². The van der Waals surface area contributed by atoms with E-state index in [9.17, 15) is 4.79 Å². The third-order valence-electron chi connectivity index (χ3n) is 3.73. The number of ketones is 1. The molecule has 2 nitrogen and oxygen atoms in total. The molecule has 0 aromatic heterocycles. The molecule has 0 fully saturated rings. The lowest BCUT2D eigenvalue weighted by Crippen LogP contribution is -1.98. The molecule has 98 valence electrons.